The molecule has 0 radical (unpaired) electrons. The predicted molar refractivity (Wildman–Crippen MR) is 73.9 cm³/mol. The van der Waals surface area contributed by atoms with Crippen LogP contribution < -0.4 is 5.32 Å². The van der Waals surface area contributed by atoms with Crippen molar-refractivity contribution < 1.29 is 27.5 Å². The molecule has 120 valence electrons. The molecule has 0 aliphatic carbocycles. The van der Waals surface area contributed by atoms with Crippen molar-refractivity contribution >= 4 is 11.8 Å². The average molecular weight is 315 g/mol. The molecule has 1 rings (SSSR count). The third kappa shape index (κ3) is 5.59. The van der Waals surface area contributed by atoms with E-state index in [1.54, 1.807) is 30.3 Å². The summed E-state index contributed by atoms with van der Waals surface area (Å²) in [6, 6.07) is 8.02. The van der Waals surface area contributed by atoms with E-state index in [4.69, 9.17) is 0 Å². The lowest BCUT2D eigenvalue weighted by atomic mass is 10.1. The van der Waals surface area contributed by atoms with Gasteiger partial charge in [0.05, 0.1) is 7.11 Å². The third-order valence-corrected chi connectivity index (χ3v) is 2.80. The van der Waals surface area contributed by atoms with Crippen molar-refractivity contribution in [1.82, 2.24) is 5.32 Å². The van der Waals surface area contributed by atoms with Gasteiger partial charge in [0.15, 0.2) is 0 Å². The maximum absolute atomic E-state index is 12.2. The number of carbonyl (C=O) groups is 2. The third-order valence-electron chi connectivity index (χ3n) is 2.80. The topological polar surface area (TPSA) is 55.4 Å². The minimum Gasteiger partial charge on any atom is -0.467 e. The zero-order chi connectivity index (χ0) is 16.8. The predicted octanol–water partition coefficient (Wildman–Crippen LogP) is 2.40. The number of ether oxygens (including phenoxy) is 1. The highest BCUT2D eigenvalue weighted by atomic mass is 19.4. The number of hydrogen-bond acceptors (Lipinski definition) is 4. The molecule has 0 amide bonds. The van der Waals surface area contributed by atoms with E-state index in [1.165, 1.54) is 14.0 Å². The summed E-state index contributed by atoms with van der Waals surface area (Å²) >= 11 is 0. The van der Waals surface area contributed by atoms with E-state index in [1.807, 2.05) is 0 Å². The number of rotatable bonds is 6. The van der Waals surface area contributed by atoms with Crippen LogP contribution in [0.15, 0.2) is 42.1 Å². The number of methoxy groups -OCH3 is 1. The first-order valence-electron chi connectivity index (χ1n) is 6.41. The first-order valence-corrected chi connectivity index (χ1v) is 6.41. The maximum atomic E-state index is 12.2. The Hall–Kier alpha value is -2.31. The second-order valence-electron chi connectivity index (χ2n) is 4.60. The Labute approximate surface area is 126 Å². The summed E-state index contributed by atoms with van der Waals surface area (Å²) < 4.78 is 41.2. The van der Waals surface area contributed by atoms with E-state index in [2.05, 4.69) is 10.1 Å². The molecule has 0 bridgehead atoms. The second-order valence-corrected chi connectivity index (χ2v) is 4.60. The molecule has 1 aromatic carbocycles. The van der Waals surface area contributed by atoms with Crippen LogP contribution in [0.4, 0.5) is 13.2 Å². The zero-order valence-electron chi connectivity index (χ0n) is 12.1. The van der Waals surface area contributed by atoms with E-state index >= 15 is 0 Å². The highest BCUT2D eigenvalue weighted by Crippen LogP contribution is 2.17. The molecule has 1 atom stereocenters. The van der Waals surface area contributed by atoms with Crippen molar-refractivity contribution in [2.45, 2.75) is 25.6 Å². The molecule has 0 spiro atoms. The molecule has 0 aliphatic rings. The summed E-state index contributed by atoms with van der Waals surface area (Å²) in [5.41, 5.74) is 0.744. The number of benzene rings is 1. The Morgan fingerprint density at radius 3 is 2.36 bits per heavy atom. The average Bonchev–Trinajstić information content (AvgIpc) is 2.45. The Balaban J connectivity index is 2.84. The standard InChI is InChI=1S/C15H16F3NO3/c1-10(8-13(20)15(16,17)18)19-12(14(21)22-2)9-11-6-4-3-5-7-11/h3-8,12,19H,9H2,1-2H3/b10-8-. The van der Waals surface area contributed by atoms with Crippen molar-refractivity contribution in [3.63, 3.8) is 0 Å². The molecule has 4 nitrogen and oxygen atoms in total. The molecule has 0 aliphatic heterocycles. The van der Waals surface area contributed by atoms with E-state index in [0.29, 0.717) is 6.08 Å². The fourth-order valence-electron chi connectivity index (χ4n) is 1.78. The lowest BCUT2D eigenvalue weighted by Gasteiger charge is -2.18. The van der Waals surface area contributed by atoms with Crippen LogP contribution >= 0.6 is 0 Å². The van der Waals surface area contributed by atoms with Crippen molar-refractivity contribution in [3.05, 3.63) is 47.7 Å². The maximum Gasteiger partial charge on any atom is 0.454 e. The van der Waals surface area contributed by atoms with Gasteiger partial charge in [-0.3, -0.25) is 4.79 Å². The van der Waals surface area contributed by atoms with Crippen molar-refractivity contribution in [2.24, 2.45) is 0 Å². The molecular formula is C15H16F3NO3. The minimum atomic E-state index is -4.94. The molecule has 0 aromatic heterocycles. The summed E-state index contributed by atoms with van der Waals surface area (Å²) in [5, 5.41) is 2.58. The minimum absolute atomic E-state index is 0.0614. The van der Waals surface area contributed by atoms with Crippen LogP contribution in [0.2, 0.25) is 0 Å². The highest BCUT2D eigenvalue weighted by Gasteiger charge is 2.36. The molecule has 0 saturated carbocycles. The van der Waals surface area contributed by atoms with Crippen LogP contribution in [0.25, 0.3) is 0 Å². The number of hydrogen-bond donors (Lipinski definition) is 1. The first kappa shape index (κ1) is 17.7. The van der Waals surface area contributed by atoms with Crippen LogP contribution in [0.1, 0.15) is 12.5 Å². The molecule has 1 N–H and O–H groups in total. The van der Waals surface area contributed by atoms with Gasteiger partial charge in [-0.15, -0.1) is 0 Å². The van der Waals surface area contributed by atoms with Crippen LogP contribution in [-0.4, -0.2) is 31.1 Å². The fraction of sp³-hybridized carbons (Fsp3) is 0.333. The smallest absolute Gasteiger partial charge is 0.454 e. The quantitative estimate of drug-likeness (QED) is 0.647. The van der Waals surface area contributed by atoms with Gasteiger partial charge in [0.1, 0.15) is 6.04 Å². The number of esters is 1. The SMILES string of the molecule is COC(=O)C(Cc1ccccc1)N/C(C)=C\C(=O)C(F)(F)F. The van der Waals surface area contributed by atoms with Gasteiger partial charge >= 0.3 is 12.1 Å². The molecule has 1 aromatic rings. The van der Waals surface area contributed by atoms with Crippen LogP contribution in [-0.2, 0) is 20.7 Å². The molecule has 0 fully saturated rings. The van der Waals surface area contributed by atoms with E-state index in [-0.39, 0.29) is 12.1 Å². The van der Waals surface area contributed by atoms with Gasteiger partial charge in [-0.2, -0.15) is 13.2 Å². The fourth-order valence-corrected chi connectivity index (χ4v) is 1.78. The Morgan fingerprint density at radius 1 is 1.27 bits per heavy atom. The summed E-state index contributed by atoms with van der Waals surface area (Å²) in [6.45, 7) is 1.28. The number of nitrogens with one attached hydrogen (secondary N) is 1. The largest absolute Gasteiger partial charge is 0.467 e. The Kier molecular flexibility index (Phi) is 6.15. The van der Waals surface area contributed by atoms with Crippen LogP contribution in [0.3, 0.4) is 0 Å². The Morgan fingerprint density at radius 2 is 1.86 bits per heavy atom. The van der Waals surface area contributed by atoms with E-state index < -0.39 is 24.0 Å². The van der Waals surface area contributed by atoms with Crippen LogP contribution in [0, 0.1) is 0 Å². The molecule has 0 saturated heterocycles. The number of halogens is 3. The van der Waals surface area contributed by atoms with Gasteiger partial charge in [-0.1, -0.05) is 30.3 Å². The van der Waals surface area contributed by atoms with Crippen molar-refractivity contribution in [3.8, 4) is 0 Å². The number of allylic oxidation sites excluding steroid dienone is 2. The summed E-state index contributed by atoms with van der Waals surface area (Å²) in [4.78, 5) is 22.6. The van der Waals surface area contributed by atoms with Gasteiger partial charge in [0.2, 0.25) is 0 Å². The van der Waals surface area contributed by atoms with Crippen molar-refractivity contribution in [2.75, 3.05) is 7.11 Å². The van der Waals surface area contributed by atoms with Gasteiger partial charge in [0, 0.05) is 18.2 Å². The Bertz CT molecular complexity index is 553. The molecule has 0 heterocycles. The van der Waals surface area contributed by atoms with Gasteiger partial charge in [0.25, 0.3) is 5.78 Å². The van der Waals surface area contributed by atoms with Crippen molar-refractivity contribution in [1.29, 1.82) is 0 Å². The molecule has 1 unspecified atom stereocenters. The first-order chi connectivity index (χ1) is 10.2. The molecular weight excluding hydrogens is 299 g/mol. The summed E-state index contributed by atoms with van der Waals surface area (Å²) in [6.07, 6.45) is -4.30. The van der Waals surface area contributed by atoms with Gasteiger partial charge < -0.3 is 10.1 Å². The second kappa shape index (κ2) is 7.63. The monoisotopic (exact) mass is 315 g/mol. The molecule has 22 heavy (non-hydrogen) atoms. The number of alkyl halides is 3. The van der Waals surface area contributed by atoms with Gasteiger partial charge in [-0.05, 0) is 12.5 Å². The zero-order valence-corrected chi connectivity index (χ0v) is 12.1. The van der Waals surface area contributed by atoms with E-state index in [0.717, 1.165) is 5.56 Å². The number of ketones is 1. The molecule has 7 heteroatoms. The summed E-state index contributed by atoms with van der Waals surface area (Å²) in [5.74, 6) is -2.61. The van der Waals surface area contributed by atoms with Crippen LogP contribution in [0.5, 0.6) is 0 Å². The normalized spacial score (nSPS) is 13.4. The number of carbonyl (C=O) groups excluding carboxylic acids is 2. The highest BCUT2D eigenvalue weighted by molar-refractivity contribution is 5.94. The summed E-state index contributed by atoms with van der Waals surface area (Å²) in [7, 11) is 1.18. The van der Waals surface area contributed by atoms with Gasteiger partial charge in [-0.25, -0.2) is 4.79 Å². The lowest BCUT2D eigenvalue weighted by molar-refractivity contribution is -0.165. The van der Waals surface area contributed by atoms with E-state index in [9.17, 15) is 22.8 Å². The lowest BCUT2D eigenvalue weighted by Crippen LogP contribution is -2.39.